The van der Waals surface area contributed by atoms with Gasteiger partial charge in [-0.1, -0.05) is 18.2 Å². The summed E-state index contributed by atoms with van der Waals surface area (Å²) in [6.45, 7) is 3.67. The van der Waals surface area contributed by atoms with Gasteiger partial charge in [-0.25, -0.2) is 0 Å². The van der Waals surface area contributed by atoms with Gasteiger partial charge in [-0.3, -0.25) is 4.79 Å². The maximum atomic E-state index is 10.7. The predicted octanol–water partition coefficient (Wildman–Crippen LogP) is 1.68. The molecule has 1 atom stereocenters. The smallest absolute Gasteiger partial charge is 0.305 e. The van der Waals surface area contributed by atoms with E-state index in [1.54, 1.807) is 6.08 Å². The van der Waals surface area contributed by atoms with E-state index in [4.69, 9.17) is 5.11 Å². The molecule has 0 saturated carbocycles. The van der Waals surface area contributed by atoms with Crippen LogP contribution in [0.15, 0.2) is 24.8 Å². The number of aliphatic hydroxyl groups excluding tert-OH is 1. The SMILES string of the molecule is C=CC(C=CCCCC(=O)OC)CO. The molecule has 80 valence electrons. The maximum Gasteiger partial charge on any atom is 0.305 e. The first kappa shape index (κ1) is 12.9. The zero-order valence-electron chi connectivity index (χ0n) is 8.61. The van der Waals surface area contributed by atoms with E-state index in [9.17, 15) is 4.79 Å². The van der Waals surface area contributed by atoms with Crippen molar-refractivity contribution in [1.29, 1.82) is 0 Å². The Balaban J connectivity index is 3.52. The molecule has 0 saturated heterocycles. The molecule has 0 aromatic heterocycles. The van der Waals surface area contributed by atoms with Gasteiger partial charge in [0.1, 0.15) is 0 Å². The number of carbonyl (C=O) groups excluding carboxylic acids is 1. The fourth-order valence-electron chi connectivity index (χ4n) is 0.951. The van der Waals surface area contributed by atoms with E-state index < -0.39 is 0 Å². The number of aliphatic hydroxyl groups is 1. The third kappa shape index (κ3) is 6.43. The summed E-state index contributed by atoms with van der Waals surface area (Å²) in [6, 6.07) is 0. The molecular weight excluding hydrogens is 180 g/mol. The predicted molar refractivity (Wildman–Crippen MR) is 55.8 cm³/mol. The average molecular weight is 198 g/mol. The van der Waals surface area contributed by atoms with Gasteiger partial charge in [0.05, 0.1) is 13.7 Å². The van der Waals surface area contributed by atoms with Crippen LogP contribution in [0.1, 0.15) is 19.3 Å². The Kier molecular flexibility index (Phi) is 7.84. The molecule has 0 aromatic rings. The van der Waals surface area contributed by atoms with E-state index >= 15 is 0 Å². The summed E-state index contributed by atoms with van der Waals surface area (Å²) < 4.78 is 4.50. The lowest BCUT2D eigenvalue weighted by atomic mass is 10.1. The van der Waals surface area contributed by atoms with Crippen molar-refractivity contribution in [1.82, 2.24) is 0 Å². The second-order valence-corrected chi connectivity index (χ2v) is 2.98. The number of rotatable bonds is 7. The lowest BCUT2D eigenvalue weighted by Gasteiger charge is -2.00. The van der Waals surface area contributed by atoms with Crippen LogP contribution in [-0.2, 0) is 9.53 Å². The number of ether oxygens (including phenoxy) is 1. The van der Waals surface area contributed by atoms with Gasteiger partial charge in [0, 0.05) is 12.3 Å². The lowest BCUT2D eigenvalue weighted by Crippen LogP contribution is -1.99. The molecule has 0 aliphatic rings. The topological polar surface area (TPSA) is 46.5 Å². The highest BCUT2D eigenvalue weighted by Crippen LogP contribution is 2.03. The second-order valence-electron chi connectivity index (χ2n) is 2.98. The molecule has 0 radical (unpaired) electrons. The molecule has 0 bridgehead atoms. The molecule has 3 heteroatoms. The number of hydrogen-bond donors (Lipinski definition) is 1. The molecule has 14 heavy (non-hydrogen) atoms. The quantitative estimate of drug-likeness (QED) is 0.384. The van der Waals surface area contributed by atoms with E-state index in [0.717, 1.165) is 12.8 Å². The highest BCUT2D eigenvalue weighted by atomic mass is 16.5. The fraction of sp³-hybridized carbons (Fsp3) is 0.545. The third-order valence-electron chi connectivity index (χ3n) is 1.88. The first-order chi connectivity index (χ1) is 6.74. The van der Waals surface area contributed by atoms with Crippen LogP contribution >= 0.6 is 0 Å². The van der Waals surface area contributed by atoms with Gasteiger partial charge in [-0.2, -0.15) is 0 Å². The van der Waals surface area contributed by atoms with E-state index in [0.29, 0.717) is 6.42 Å². The van der Waals surface area contributed by atoms with Crippen molar-refractivity contribution in [2.45, 2.75) is 19.3 Å². The molecule has 0 spiro atoms. The van der Waals surface area contributed by atoms with Crippen LogP contribution in [-0.4, -0.2) is 24.8 Å². The number of carbonyl (C=O) groups is 1. The molecule has 3 nitrogen and oxygen atoms in total. The van der Waals surface area contributed by atoms with Gasteiger partial charge in [0.15, 0.2) is 0 Å². The van der Waals surface area contributed by atoms with Crippen LogP contribution < -0.4 is 0 Å². The van der Waals surface area contributed by atoms with Crippen LogP contribution in [0, 0.1) is 5.92 Å². The number of methoxy groups -OCH3 is 1. The highest BCUT2D eigenvalue weighted by Gasteiger charge is 1.98. The van der Waals surface area contributed by atoms with E-state index in [1.165, 1.54) is 7.11 Å². The van der Waals surface area contributed by atoms with Gasteiger partial charge in [0.2, 0.25) is 0 Å². The summed E-state index contributed by atoms with van der Waals surface area (Å²) in [5, 5.41) is 8.81. The van der Waals surface area contributed by atoms with Gasteiger partial charge < -0.3 is 9.84 Å². The minimum atomic E-state index is -0.180. The molecular formula is C11H18O3. The third-order valence-corrected chi connectivity index (χ3v) is 1.88. The Morgan fingerprint density at radius 1 is 1.64 bits per heavy atom. The summed E-state index contributed by atoms with van der Waals surface area (Å²) in [4.78, 5) is 10.7. The summed E-state index contributed by atoms with van der Waals surface area (Å²) in [5.74, 6) is -0.158. The molecule has 1 unspecified atom stereocenters. The first-order valence-electron chi connectivity index (χ1n) is 4.71. The average Bonchev–Trinajstić information content (AvgIpc) is 2.23. The minimum absolute atomic E-state index is 0.0214. The molecule has 0 aliphatic carbocycles. The number of esters is 1. The Morgan fingerprint density at radius 2 is 2.36 bits per heavy atom. The van der Waals surface area contributed by atoms with Crippen molar-refractivity contribution < 1.29 is 14.6 Å². The molecule has 0 fully saturated rings. The van der Waals surface area contributed by atoms with Crippen LogP contribution in [0.3, 0.4) is 0 Å². The van der Waals surface area contributed by atoms with Gasteiger partial charge >= 0.3 is 5.97 Å². The van der Waals surface area contributed by atoms with Crippen LogP contribution in [0.25, 0.3) is 0 Å². The summed E-state index contributed by atoms with van der Waals surface area (Å²) >= 11 is 0. The Bertz CT molecular complexity index is 197. The Hall–Kier alpha value is -1.09. The second kappa shape index (κ2) is 8.51. The molecule has 0 aliphatic heterocycles. The van der Waals surface area contributed by atoms with E-state index in [2.05, 4.69) is 11.3 Å². The lowest BCUT2D eigenvalue weighted by molar-refractivity contribution is -0.140. The van der Waals surface area contributed by atoms with Crippen molar-refractivity contribution in [3.63, 3.8) is 0 Å². The number of hydrogen-bond acceptors (Lipinski definition) is 3. The Morgan fingerprint density at radius 3 is 2.86 bits per heavy atom. The standard InChI is InChI=1S/C11H18O3/c1-3-10(9-12)7-5-4-6-8-11(13)14-2/h3,5,7,10,12H,1,4,6,8-9H2,2H3. The van der Waals surface area contributed by atoms with E-state index in [-0.39, 0.29) is 18.5 Å². The largest absolute Gasteiger partial charge is 0.469 e. The van der Waals surface area contributed by atoms with Gasteiger partial charge in [0.25, 0.3) is 0 Å². The van der Waals surface area contributed by atoms with Crippen molar-refractivity contribution in [2.75, 3.05) is 13.7 Å². The van der Waals surface area contributed by atoms with E-state index in [1.807, 2.05) is 12.2 Å². The molecule has 0 heterocycles. The van der Waals surface area contributed by atoms with Gasteiger partial charge in [-0.05, 0) is 12.8 Å². The zero-order valence-corrected chi connectivity index (χ0v) is 8.61. The number of allylic oxidation sites excluding steroid dienone is 1. The first-order valence-corrected chi connectivity index (χ1v) is 4.71. The number of unbranched alkanes of at least 4 members (excludes halogenated alkanes) is 1. The summed E-state index contributed by atoms with van der Waals surface area (Å²) in [6.07, 6.45) is 7.57. The van der Waals surface area contributed by atoms with Crippen molar-refractivity contribution in [2.24, 2.45) is 5.92 Å². The monoisotopic (exact) mass is 198 g/mol. The molecule has 1 N–H and O–H groups in total. The van der Waals surface area contributed by atoms with Crippen molar-refractivity contribution in [3.8, 4) is 0 Å². The summed E-state index contributed by atoms with van der Waals surface area (Å²) in [5.41, 5.74) is 0. The Labute approximate surface area is 85.1 Å². The zero-order chi connectivity index (χ0) is 10.8. The maximum absolute atomic E-state index is 10.7. The van der Waals surface area contributed by atoms with Gasteiger partial charge in [-0.15, -0.1) is 6.58 Å². The van der Waals surface area contributed by atoms with Crippen LogP contribution in [0.5, 0.6) is 0 Å². The van der Waals surface area contributed by atoms with Crippen LogP contribution in [0.2, 0.25) is 0 Å². The minimum Gasteiger partial charge on any atom is -0.469 e. The van der Waals surface area contributed by atoms with Crippen LogP contribution in [0.4, 0.5) is 0 Å². The van der Waals surface area contributed by atoms with Crippen molar-refractivity contribution in [3.05, 3.63) is 24.8 Å². The highest BCUT2D eigenvalue weighted by molar-refractivity contribution is 5.68. The fourth-order valence-corrected chi connectivity index (χ4v) is 0.951. The molecule has 0 rings (SSSR count). The summed E-state index contributed by atoms with van der Waals surface area (Å²) in [7, 11) is 1.39. The van der Waals surface area contributed by atoms with Crippen molar-refractivity contribution >= 4 is 5.97 Å². The molecule has 0 amide bonds. The normalized spacial score (nSPS) is 12.7. The molecule has 0 aromatic carbocycles.